The molecule has 4 aromatic rings. The van der Waals surface area contributed by atoms with Crippen LogP contribution in [0.3, 0.4) is 0 Å². The molecule has 4 rings (SSSR count). The van der Waals surface area contributed by atoms with Gasteiger partial charge in [0, 0.05) is 22.8 Å². The fraction of sp³-hybridized carbons (Fsp3) is 0.167. The van der Waals surface area contributed by atoms with Crippen LogP contribution in [-0.2, 0) is 6.54 Å². The number of thiophene rings is 1. The lowest BCUT2D eigenvalue weighted by Gasteiger charge is -2.09. The summed E-state index contributed by atoms with van der Waals surface area (Å²) in [6, 6.07) is 9.61. The number of rotatable bonds is 4. The second-order valence-electron chi connectivity index (χ2n) is 5.79. The Labute approximate surface area is 151 Å². The zero-order valence-electron chi connectivity index (χ0n) is 13.8. The zero-order chi connectivity index (χ0) is 18.3. The van der Waals surface area contributed by atoms with Gasteiger partial charge in [0.25, 0.3) is 5.56 Å². The Morgan fingerprint density at radius 1 is 1.19 bits per heavy atom. The molecule has 8 heteroatoms. The fourth-order valence-electron chi connectivity index (χ4n) is 3.00. The number of hydrogen-bond acceptors (Lipinski definition) is 4. The van der Waals surface area contributed by atoms with Gasteiger partial charge in [-0.25, -0.2) is 9.97 Å². The maximum absolute atomic E-state index is 13.0. The molecular weight excluding hydrogens is 358 g/mol. The number of benzene rings is 1. The van der Waals surface area contributed by atoms with Gasteiger partial charge in [-0.05, 0) is 12.5 Å². The first-order valence-corrected chi connectivity index (χ1v) is 8.71. The smallest absolute Gasteiger partial charge is 0.291 e. The van der Waals surface area contributed by atoms with Crippen LogP contribution in [0.1, 0.15) is 17.3 Å². The second-order valence-corrected chi connectivity index (χ2v) is 6.99. The second kappa shape index (κ2) is 6.45. The Bertz CT molecular complexity index is 1130. The first kappa shape index (κ1) is 16.6. The SMILES string of the molecule is Cc1sc2ncn(Cc3nccn3C(F)F)c(=O)c2c1-c1ccccc1. The van der Waals surface area contributed by atoms with E-state index in [2.05, 4.69) is 9.97 Å². The number of fused-ring (bicyclic) bond motifs is 1. The van der Waals surface area contributed by atoms with Crippen molar-refractivity contribution in [1.29, 1.82) is 0 Å². The van der Waals surface area contributed by atoms with Crippen LogP contribution in [0.4, 0.5) is 8.78 Å². The first-order chi connectivity index (χ1) is 12.6. The van der Waals surface area contributed by atoms with Crippen LogP contribution in [0.25, 0.3) is 21.3 Å². The van der Waals surface area contributed by atoms with Gasteiger partial charge in [0.1, 0.15) is 10.7 Å². The molecule has 0 aliphatic carbocycles. The molecule has 0 unspecified atom stereocenters. The molecule has 1 aromatic carbocycles. The molecule has 0 radical (unpaired) electrons. The Hall–Kier alpha value is -2.87. The predicted molar refractivity (Wildman–Crippen MR) is 96.6 cm³/mol. The van der Waals surface area contributed by atoms with E-state index in [-0.39, 0.29) is 17.9 Å². The third-order valence-electron chi connectivity index (χ3n) is 4.19. The molecule has 5 nitrogen and oxygen atoms in total. The average Bonchev–Trinajstić information content (AvgIpc) is 3.22. The molecule has 0 fully saturated rings. The van der Waals surface area contributed by atoms with Crippen molar-refractivity contribution in [2.24, 2.45) is 0 Å². The molecule has 0 N–H and O–H groups in total. The topological polar surface area (TPSA) is 52.7 Å². The van der Waals surface area contributed by atoms with Crippen molar-refractivity contribution in [2.45, 2.75) is 20.0 Å². The Morgan fingerprint density at radius 2 is 1.96 bits per heavy atom. The van der Waals surface area contributed by atoms with Crippen LogP contribution in [0.5, 0.6) is 0 Å². The van der Waals surface area contributed by atoms with E-state index in [1.54, 1.807) is 0 Å². The molecule has 0 spiro atoms. The molecule has 26 heavy (non-hydrogen) atoms. The maximum atomic E-state index is 13.0. The summed E-state index contributed by atoms with van der Waals surface area (Å²) in [7, 11) is 0. The quantitative estimate of drug-likeness (QED) is 0.543. The van der Waals surface area contributed by atoms with Crippen molar-refractivity contribution in [3.63, 3.8) is 0 Å². The van der Waals surface area contributed by atoms with E-state index in [0.29, 0.717) is 10.2 Å². The van der Waals surface area contributed by atoms with E-state index in [1.165, 1.54) is 34.6 Å². The summed E-state index contributed by atoms with van der Waals surface area (Å²) in [6.45, 7) is -0.826. The summed E-state index contributed by atoms with van der Waals surface area (Å²) in [5.41, 5.74) is 1.51. The van der Waals surface area contributed by atoms with Crippen molar-refractivity contribution in [2.75, 3.05) is 0 Å². The highest BCUT2D eigenvalue weighted by atomic mass is 32.1. The largest absolute Gasteiger partial charge is 0.319 e. The fourth-order valence-corrected chi connectivity index (χ4v) is 4.00. The molecule has 0 aliphatic rings. The number of imidazole rings is 1. The third kappa shape index (κ3) is 2.72. The Morgan fingerprint density at radius 3 is 2.69 bits per heavy atom. The highest BCUT2D eigenvalue weighted by molar-refractivity contribution is 7.19. The van der Waals surface area contributed by atoms with E-state index in [9.17, 15) is 13.6 Å². The van der Waals surface area contributed by atoms with Crippen molar-refractivity contribution < 1.29 is 8.78 Å². The van der Waals surface area contributed by atoms with E-state index in [0.717, 1.165) is 20.6 Å². The molecule has 0 aliphatic heterocycles. The van der Waals surface area contributed by atoms with Crippen molar-refractivity contribution in [3.05, 3.63) is 70.1 Å². The molecule has 0 saturated heterocycles. The number of aromatic nitrogens is 4. The average molecular weight is 372 g/mol. The van der Waals surface area contributed by atoms with E-state index < -0.39 is 6.55 Å². The minimum atomic E-state index is -2.71. The molecule has 3 heterocycles. The molecule has 3 aromatic heterocycles. The summed E-state index contributed by atoms with van der Waals surface area (Å²) in [4.78, 5) is 23.0. The van der Waals surface area contributed by atoms with Gasteiger partial charge in [0.2, 0.25) is 0 Å². The number of alkyl halides is 2. The maximum Gasteiger partial charge on any atom is 0.319 e. The van der Waals surface area contributed by atoms with Crippen molar-refractivity contribution in [3.8, 4) is 11.1 Å². The summed E-state index contributed by atoms with van der Waals surface area (Å²) >= 11 is 1.45. The van der Waals surface area contributed by atoms with Gasteiger partial charge in [-0.2, -0.15) is 8.78 Å². The minimum absolute atomic E-state index is 0.0672. The van der Waals surface area contributed by atoms with Crippen LogP contribution in [0.15, 0.2) is 53.8 Å². The van der Waals surface area contributed by atoms with E-state index in [4.69, 9.17) is 0 Å². The normalized spacial score (nSPS) is 11.5. The number of nitrogens with zero attached hydrogens (tertiary/aromatic N) is 4. The van der Waals surface area contributed by atoms with Crippen LogP contribution >= 0.6 is 11.3 Å². The summed E-state index contributed by atoms with van der Waals surface area (Å²) in [6.07, 6.45) is 3.88. The van der Waals surface area contributed by atoms with Crippen molar-refractivity contribution in [1.82, 2.24) is 19.1 Å². The number of aryl methyl sites for hydroxylation is 1. The molecule has 0 amide bonds. The Kier molecular flexibility index (Phi) is 4.12. The Balaban J connectivity index is 1.87. The lowest BCUT2D eigenvalue weighted by Crippen LogP contribution is -2.23. The van der Waals surface area contributed by atoms with Crippen LogP contribution < -0.4 is 5.56 Å². The lowest BCUT2D eigenvalue weighted by atomic mass is 10.0. The summed E-state index contributed by atoms with van der Waals surface area (Å²) in [5, 5.41) is 0.511. The standard InChI is InChI=1S/C18H14F2N4OS/c1-11-14(12-5-3-2-4-6-12)15-16(26-11)22-10-23(17(15)25)9-13-21-7-8-24(13)18(19)20/h2-8,10,18H,9H2,1H3. The van der Waals surface area contributed by atoms with E-state index >= 15 is 0 Å². The molecule has 0 atom stereocenters. The van der Waals surface area contributed by atoms with Gasteiger partial charge < -0.3 is 0 Å². The van der Waals surface area contributed by atoms with Gasteiger partial charge >= 0.3 is 6.55 Å². The van der Waals surface area contributed by atoms with Gasteiger partial charge in [0.15, 0.2) is 0 Å². The minimum Gasteiger partial charge on any atom is -0.291 e. The van der Waals surface area contributed by atoms with Crippen LogP contribution in [0, 0.1) is 6.92 Å². The van der Waals surface area contributed by atoms with E-state index in [1.807, 2.05) is 37.3 Å². The van der Waals surface area contributed by atoms with Gasteiger partial charge in [-0.3, -0.25) is 13.9 Å². The van der Waals surface area contributed by atoms with Crippen LogP contribution in [-0.4, -0.2) is 19.1 Å². The van der Waals surface area contributed by atoms with Crippen molar-refractivity contribution >= 4 is 21.6 Å². The molecule has 0 saturated carbocycles. The number of halogens is 2. The third-order valence-corrected chi connectivity index (χ3v) is 5.20. The van der Waals surface area contributed by atoms with Gasteiger partial charge in [-0.1, -0.05) is 30.3 Å². The lowest BCUT2D eigenvalue weighted by molar-refractivity contribution is 0.0666. The summed E-state index contributed by atoms with van der Waals surface area (Å²) < 4.78 is 28.1. The number of hydrogen-bond donors (Lipinski definition) is 0. The monoisotopic (exact) mass is 372 g/mol. The zero-order valence-corrected chi connectivity index (χ0v) is 14.6. The molecule has 132 valence electrons. The van der Waals surface area contributed by atoms with Gasteiger partial charge in [-0.15, -0.1) is 11.3 Å². The molecular formula is C18H14F2N4OS. The molecule has 0 bridgehead atoms. The summed E-state index contributed by atoms with van der Waals surface area (Å²) in [5.74, 6) is 0.108. The predicted octanol–water partition coefficient (Wildman–Crippen LogP) is 4.07. The van der Waals surface area contributed by atoms with Crippen LogP contribution in [0.2, 0.25) is 0 Å². The first-order valence-electron chi connectivity index (χ1n) is 7.90. The van der Waals surface area contributed by atoms with Gasteiger partial charge in [0.05, 0.1) is 18.3 Å². The highest BCUT2D eigenvalue weighted by Crippen LogP contribution is 2.35. The highest BCUT2D eigenvalue weighted by Gasteiger charge is 2.18.